The van der Waals surface area contributed by atoms with Crippen molar-refractivity contribution < 1.29 is 14.1 Å². The number of ether oxygens (including phenoxy) is 1. The summed E-state index contributed by atoms with van der Waals surface area (Å²) in [5.41, 5.74) is 0.727. The zero-order valence-electron chi connectivity index (χ0n) is 12.0. The van der Waals surface area contributed by atoms with Crippen LogP contribution in [0.3, 0.4) is 0 Å². The average molecular weight is 372 g/mol. The van der Waals surface area contributed by atoms with Gasteiger partial charge in [-0.3, -0.25) is 4.79 Å². The van der Waals surface area contributed by atoms with Gasteiger partial charge in [-0.15, -0.1) is 0 Å². The summed E-state index contributed by atoms with van der Waals surface area (Å²) >= 11 is 13.8. The number of aromatic nitrogens is 2. The van der Waals surface area contributed by atoms with Gasteiger partial charge in [0.1, 0.15) is 0 Å². The number of nitrogens with zero attached hydrogens (tertiary/aromatic N) is 3. The molecule has 1 amide bonds. The van der Waals surface area contributed by atoms with Gasteiger partial charge in [0, 0.05) is 19.7 Å². The maximum atomic E-state index is 12.1. The molecule has 9 heteroatoms. The third-order valence-corrected chi connectivity index (χ3v) is 4.94. The normalized spacial score (nSPS) is 12.2. The molecule has 120 valence electrons. The lowest BCUT2D eigenvalue weighted by atomic mass is 10.3. The molecule has 0 saturated heterocycles. The van der Waals surface area contributed by atoms with Crippen molar-refractivity contribution in [2.24, 2.45) is 4.99 Å². The number of carbonyl (C=O) groups is 1. The summed E-state index contributed by atoms with van der Waals surface area (Å²) in [6.45, 7) is 0.928. The largest absolute Gasteiger partial charge is 0.383 e. The molecule has 0 radical (unpaired) electrons. The molecular weight excluding hydrogens is 361 g/mol. The lowest BCUT2D eigenvalue weighted by Gasteiger charge is -2.05. The SMILES string of the molecule is COCCn1c(=NC(=O)c2ccno2)sc2c(Cl)ccc(Cl)c21. The number of amides is 1. The fourth-order valence-corrected chi connectivity index (χ4v) is 3.72. The standard InChI is InChI=1S/C14H11Cl2N3O3S/c1-21-7-6-19-11-8(15)2-3-9(16)12(11)23-14(19)18-13(20)10-4-5-17-22-10/h2-5H,6-7H2,1H3. The summed E-state index contributed by atoms with van der Waals surface area (Å²) in [6.07, 6.45) is 1.39. The lowest BCUT2D eigenvalue weighted by Crippen LogP contribution is -2.19. The minimum Gasteiger partial charge on any atom is -0.383 e. The highest BCUT2D eigenvalue weighted by Crippen LogP contribution is 2.31. The number of thiazole rings is 1. The predicted octanol–water partition coefficient (Wildman–Crippen LogP) is 3.39. The Bertz CT molecular complexity index is 915. The van der Waals surface area contributed by atoms with Crippen LogP contribution in [0.1, 0.15) is 10.6 Å². The summed E-state index contributed by atoms with van der Waals surface area (Å²) in [4.78, 5) is 16.7. The van der Waals surface area contributed by atoms with E-state index in [1.54, 1.807) is 19.2 Å². The Morgan fingerprint density at radius 3 is 2.87 bits per heavy atom. The first kappa shape index (κ1) is 16.2. The summed E-state index contributed by atoms with van der Waals surface area (Å²) in [7, 11) is 1.60. The first-order chi connectivity index (χ1) is 11.1. The van der Waals surface area contributed by atoms with E-state index >= 15 is 0 Å². The fourth-order valence-electron chi connectivity index (χ4n) is 2.05. The van der Waals surface area contributed by atoms with Gasteiger partial charge in [0.2, 0.25) is 5.76 Å². The van der Waals surface area contributed by atoms with Gasteiger partial charge < -0.3 is 13.8 Å². The summed E-state index contributed by atoms with van der Waals surface area (Å²) in [6, 6.07) is 4.88. The van der Waals surface area contributed by atoms with Crippen molar-refractivity contribution in [2.75, 3.05) is 13.7 Å². The van der Waals surface area contributed by atoms with Crippen molar-refractivity contribution in [3.8, 4) is 0 Å². The van der Waals surface area contributed by atoms with Crippen molar-refractivity contribution in [1.29, 1.82) is 0 Å². The fraction of sp³-hybridized carbons (Fsp3) is 0.214. The third-order valence-electron chi connectivity index (χ3n) is 3.09. The molecule has 0 fully saturated rings. The molecule has 3 aromatic rings. The molecule has 0 N–H and O–H groups in total. The molecule has 0 atom stereocenters. The van der Waals surface area contributed by atoms with Crippen LogP contribution in [-0.2, 0) is 11.3 Å². The monoisotopic (exact) mass is 371 g/mol. The predicted molar refractivity (Wildman–Crippen MR) is 88.1 cm³/mol. The Balaban J connectivity index is 2.21. The Labute approximate surface area is 144 Å². The molecule has 0 spiro atoms. The van der Waals surface area contributed by atoms with Crippen LogP contribution in [0.5, 0.6) is 0 Å². The van der Waals surface area contributed by atoms with E-state index < -0.39 is 5.91 Å². The maximum Gasteiger partial charge on any atom is 0.318 e. The van der Waals surface area contributed by atoms with Gasteiger partial charge in [-0.2, -0.15) is 4.99 Å². The Morgan fingerprint density at radius 2 is 2.17 bits per heavy atom. The van der Waals surface area contributed by atoms with Gasteiger partial charge in [0.05, 0.1) is 33.1 Å². The second kappa shape index (κ2) is 6.84. The smallest absolute Gasteiger partial charge is 0.318 e. The molecule has 0 aliphatic rings. The molecule has 0 bridgehead atoms. The Hall–Kier alpha value is -1.67. The molecule has 2 aromatic heterocycles. The number of methoxy groups -OCH3 is 1. The molecule has 23 heavy (non-hydrogen) atoms. The number of carbonyl (C=O) groups excluding carboxylic acids is 1. The van der Waals surface area contributed by atoms with Crippen molar-refractivity contribution in [3.05, 3.63) is 45.0 Å². The quantitative estimate of drug-likeness (QED) is 0.704. The van der Waals surface area contributed by atoms with E-state index in [2.05, 4.69) is 10.1 Å². The van der Waals surface area contributed by atoms with Gasteiger partial charge in [0.15, 0.2) is 4.80 Å². The van der Waals surface area contributed by atoms with Crippen molar-refractivity contribution in [3.63, 3.8) is 0 Å². The minimum atomic E-state index is -0.521. The average Bonchev–Trinajstić information content (AvgIpc) is 3.17. The van der Waals surface area contributed by atoms with Crippen LogP contribution in [0.4, 0.5) is 0 Å². The summed E-state index contributed by atoms with van der Waals surface area (Å²) in [5.74, 6) is -0.453. The van der Waals surface area contributed by atoms with Crippen molar-refractivity contribution in [1.82, 2.24) is 9.72 Å². The lowest BCUT2D eigenvalue weighted by molar-refractivity contribution is 0.0962. The second-order valence-corrected chi connectivity index (χ2v) is 6.32. The molecule has 2 heterocycles. The van der Waals surface area contributed by atoms with Crippen LogP contribution in [0.25, 0.3) is 10.2 Å². The van der Waals surface area contributed by atoms with E-state index in [-0.39, 0.29) is 5.76 Å². The first-order valence-corrected chi connectivity index (χ1v) is 8.15. The maximum absolute atomic E-state index is 12.1. The number of hydrogen-bond acceptors (Lipinski definition) is 5. The van der Waals surface area contributed by atoms with Gasteiger partial charge in [-0.25, -0.2) is 0 Å². The van der Waals surface area contributed by atoms with Crippen LogP contribution in [-0.4, -0.2) is 29.3 Å². The Morgan fingerprint density at radius 1 is 1.39 bits per heavy atom. The number of benzene rings is 1. The molecule has 3 rings (SSSR count). The highest BCUT2D eigenvalue weighted by Gasteiger charge is 2.15. The Kier molecular flexibility index (Phi) is 4.82. The molecule has 0 aliphatic heterocycles. The van der Waals surface area contributed by atoms with Gasteiger partial charge in [-0.1, -0.05) is 39.7 Å². The highest BCUT2D eigenvalue weighted by atomic mass is 35.5. The van der Waals surface area contributed by atoms with E-state index in [0.717, 1.165) is 10.2 Å². The number of halogens is 2. The topological polar surface area (TPSA) is 69.6 Å². The molecule has 0 unspecified atom stereocenters. The summed E-state index contributed by atoms with van der Waals surface area (Å²) in [5, 5.41) is 4.59. The van der Waals surface area contributed by atoms with E-state index in [4.69, 9.17) is 32.5 Å². The van der Waals surface area contributed by atoms with Crippen molar-refractivity contribution in [2.45, 2.75) is 6.54 Å². The number of hydrogen-bond donors (Lipinski definition) is 0. The van der Waals surface area contributed by atoms with Gasteiger partial charge in [0.25, 0.3) is 0 Å². The van der Waals surface area contributed by atoms with Gasteiger partial charge >= 0.3 is 5.91 Å². The third kappa shape index (κ3) is 3.18. The van der Waals surface area contributed by atoms with Crippen LogP contribution < -0.4 is 4.80 Å². The summed E-state index contributed by atoms with van der Waals surface area (Å²) < 4.78 is 12.5. The molecular formula is C14H11Cl2N3O3S. The molecule has 1 aromatic carbocycles. The van der Waals surface area contributed by atoms with E-state index in [1.807, 2.05) is 4.57 Å². The molecule has 0 aliphatic carbocycles. The molecule has 6 nitrogen and oxygen atoms in total. The zero-order chi connectivity index (χ0) is 16.4. The number of fused-ring (bicyclic) bond motifs is 1. The first-order valence-electron chi connectivity index (χ1n) is 6.58. The van der Waals surface area contributed by atoms with Gasteiger partial charge in [-0.05, 0) is 12.1 Å². The second-order valence-electron chi connectivity index (χ2n) is 4.53. The van der Waals surface area contributed by atoms with E-state index in [0.29, 0.717) is 28.0 Å². The van der Waals surface area contributed by atoms with Crippen molar-refractivity contribution >= 4 is 50.7 Å². The highest BCUT2D eigenvalue weighted by molar-refractivity contribution is 7.17. The zero-order valence-corrected chi connectivity index (χ0v) is 14.3. The van der Waals surface area contributed by atoms with Crippen LogP contribution >= 0.6 is 34.5 Å². The van der Waals surface area contributed by atoms with E-state index in [9.17, 15) is 4.79 Å². The van der Waals surface area contributed by atoms with Crippen LogP contribution in [0.2, 0.25) is 10.0 Å². The van der Waals surface area contributed by atoms with Crippen LogP contribution in [0.15, 0.2) is 33.9 Å². The minimum absolute atomic E-state index is 0.0675. The van der Waals surface area contributed by atoms with Crippen LogP contribution in [0, 0.1) is 0 Å². The molecule has 0 saturated carbocycles. The van der Waals surface area contributed by atoms with E-state index in [1.165, 1.54) is 23.6 Å². The number of rotatable bonds is 4.